The van der Waals surface area contributed by atoms with Crippen LogP contribution in [0.2, 0.25) is 0 Å². The van der Waals surface area contributed by atoms with Gasteiger partial charge in [-0.25, -0.2) is 0 Å². The van der Waals surface area contributed by atoms with Gasteiger partial charge in [0.15, 0.2) is 12.5 Å². The molecule has 4 nitrogen and oxygen atoms in total. The van der Waals surface area contributed by atoms with Gasteiger partial charge in [-0.3, -0.25) is 0 Å². The Hall–Kier alpha value is -0.160. The van der Waals surface area contributed by atoms with Gasteiger partial charge in [-0.15, -0.1) is 0 Å². The van der Waals surface area contributed by atoms with E-state index in [-0.39, 0.29) is 6.42 Å². The quantitative estimate of drug-likeness (QED) is 0.531. The molecule has 0 rings (SSSR count). The molecule has 0 radical (unpaired) electrons. The average molecular weight is 222 g/mol. The second-order valence-electron chi connectivity index (χ2n) is 2.65. The molecule has 0 atom stereocenters. The summed E-state index contributed by atoms with van der Waals surface area (Å²) in [6.45, 7) is 8.42. The summed E-state index contributed by atoms with van der Waals surface area (Å²) in [6, 6.07) is 0. The van der Waals surface area contributed by atoms with Gasteiger partial charge >= 0.3 is 0 Å². The molecule has 0 aliphatic rings. The topological polar surface area (TPSA) is 36.9 Å². The van der Waals surface area contributed by atoms with E-state index in [1.807, 2.05) is 0 Å². The van der Waals surface area contributed by atoms with Crippen molar-refractivity contribution in [2.24, 2.45) is 0 Å². The lowest BCUT2D eigenvalue weighted by atomic mass is 10.4. The molecule has 0 bridgehead atoms. The standard InChI is InChI=1S/C11H24O4/c1-5-12-10(13-6-2)9-11(14-7-3)15-8-4/h10-11H,5-9H2,1-4H3/i10D,11D. The predicted octanol–water partition coefficient (Wildman–Crippen LogP) is 2.17. The Balaban J connectivity index is 4.65. The minimum atomic E-state index is -1.60. The van der Waals surface area contributed by atoms with Crippen molar-refractivity contribution in [2.75, 3.05) is 26.4 Å². The molecule has 0 aromatic carbocycles. The van der Waals surface area contributed by atoms with Gasteiger partial charge in [0.05, 0.1) is 2.74 Å². The molecule has 0 heterocycles. The highest BCUT2D eigenvalue weighted by atomic mass is 16.7. The Bertz CT molecular complexity index is 170. The molecule has 0 amide bonds. The molecule has 0 aliphatic heterocycles. The fourth-order valence-corrected chi connectivity index (χ4v) is 1.05. The monoisotopic (exact) mass is 222 g/mol. The van der Waals surface area contributed by atoms with Gasteiger partial charge in [0.1, 0.15) is 0 Å². The fraction of sp³-hybridized carbons (Fsp3) is 1.00. The van der Waals surface area contributed by atoms with E-state index in [9.17, 15) is 0 Å². The smallest absolute Gasteiger partial charge is 0.162 e. The summed E-state index contributed by atoms with van der Waals surface area (Å²) >= 11 is 0. The summed E-state index contributed by atoms with van der Waals surface area (Å²) in [5.74, 6) is 0. The fourth-order valence-electron chi connectivity index (χ4n) is 1.05. The van der Waals surface area contributed by atoms with Crippen molar-refractivity contribution in [1.82, 2.24) is 0 Å². The van der Waals surface area contributed by atoms with Crippen LogP contribution in [0.1, 0.15) is 36.9 Å². The first-order valence-corrected chi connectivity index (χ1v) is 5.51. The zero-order valence-corrected chi connectivity index (χ0v) is 10.2. The van der Waals surface area contributed by atoms with Crippen molar-refractivity contribution in [3.63, 3.8) is 0 Å². The maximum absolute atomic E-state index is 8.01. The molecule has 0 N–H and O–H groups in total. The molecule has 0 spiro atoms. The highest BCUT2D eigenvalue weighted by Gasteiger charge is 2.17. The van der Waals surface area contributed by atoms with Gasteiger partial charge in [-0.2, -0.15) is 0 Å². The molecule has 0 saturated heterocycles. The lowest BCUT2D eigenvalue weighted by Crippen LogP contribution is -2.28. The first kappa shape index (κ1) is 11.3. The highest BCUT2D eigenvalue weighted by molar-refractivity contribution is 4.51. The maximum atomic E-state index is 8.01. The molecule has 0 aromatic rings. The van der Waals surface area contributed by atoms with Crippen LogP contribution in [0.15, 0.2) is 0 Å². The van der Waals surface area contributed by atoms with Crippen LogP contribution in [0.5, 0.6) is 0 Å². The molecule has 0 aliphatic carbocycles. The first-order chi connectivity index (χ1) is 7.95. The maximum Gasteiger partial charge on any atom is 0.162 e. The van der Waals surface area contributed by atoms with Gasteiger partial charge in [0.25, 0.3) is 0 Å². The SMILES string of the molecule is [2H]C(CC([2H])(OCC)OCC)(OCC)OCC. The lowest BCUT2D eigenvalue weighted by Gasteiger charge is -2.23. The zero-order chi connectivity index (χ0) is 13.4. The number of rotatable bonds is 10. The van der Waals surface area contributed by atoms with Gasteiger partial charge < -0.3 is 18.9 Å². The third kappa shape index (κ3) is 7.73. The van der Waals surface area contributed by atoms with E-state index in [4.69, 9.17) is 21.7 Å². The summed E-state index contributed by atoms with van der Waals surface area (Å²) in [6.07, 6.45) is -3.32. The van der Waals surface area contributed by atoms with Crippen LogP contribution in [-0.4, -0.2) is 39.0 Å². The normalized spacial score (nSPS) is 14.9. The van der Waals surface area contributed by atoms with Crippen LogP contribution < -0.4 is 0 Å². The summed E-state index contributed by atoms with van der Waals surface area (Å²) in [5, 5.41) is 0. The van der Waals surface area contributed by atoms with Gasteiger partial charge in [0.2, 0.25) is 0 Å². The summed E-state index contributed by atoms with van der Waals surface area (Å²) in [4.78, 5) is 0. The summed E-state index contributed by atoms with van der Waals surface area (Å²) in [7, 11) is 0. The molecule has 0 saturated carbocycles. The van der Waals surface area contributed by atoms with E-state index in [0.717, 1.165) is 0 Å². The molecule has 0 aromatic heterocycles. The first-order valence-electron chi connectivity index (χ1n) is 6.51. The highest BCUT2D eigenvalue weighted by Crippen LogP contribution is 2.09. The molecular weight excluding hydrogens is 196 g/mol. The largest absolute Gasteiger partial charge is 0.353 e. The van der Waals surface area contributed by atoms with Crippen LogP contribution in [0.3, 0.4) is 0 Å². The number of ether oxygens (including phenoxy) is 4. The van der Waals surface area contributed by atoms with Gasteiger partial charge in [-0.05, 0) is 27.7 Å². The molecular formula is C11H24O4. The van der Waals surface area contributed by atoms with Crippen molar-refractivity contribution in [2.45, 2.75) is 46.6 Å². The van der Waals surface area contributed by atoms with Crippen molar-refractivity contribution in [3.05, 3.63) is 0 Å². The zero-order valence-electron chi connectivity index (χ0n) is 12.2. The second kappa shape index (κ2) is 10.4. The van der Waals surface area contributed by atoms with Crippen molar-refractivity contribution < 1.29 is 21.7 Å². The molecule has 92 valence electrons. The van der Waals surface area contributed by atoms with Crippen LogP contribution in [0.4, 0.5) is 0 Å². The van der Waals surface area contributed by atoms with Crippen LogP contribution in [0, 0.1) is 0 Å². The Morgan fingerprint density at radius 1 is 0.733 bits per heavy atom. The third-order valence-electron chi connectivity index (χ3n) is 1.51. The molecule has 0 fully saturated rings. The molecule has 0 unspecified atom stereocenters. The Labute approximate surface area is 95.7 Å². The summed E-state index contributed by atoms with van der Waals surface area (Å²) < 4.78 is 36.9. The van der Waals surface area contributed by atoms with Crippen molar-refractivity contribution >= 4 is 0 Å². The van der Waals surface area contributed by atoms with Gasteiger partial charge in [-0.1, -0.05) is 0 Å². The van der Waals surface area contributed by atoms with Crippen molar-refractivity contribution in [3.8, 4) is 0 Å². The van der Waals surface area contributed by atoms with Gasteiger partial charge in [0, 0.05) is 32.8 Å². The third-order valence-corrected chi connectivity index (χ3v) is 1.51. The average Bonchev–Trinajstić information content (AvgIpc) is 2.17. The Morgan fingerprint density at radius 3 is 1.20 bits per heavy atom. The van der Waals surface area contributed by atoms with Crippen LogP contribution in [0.25, 0.3) is 0 Å². The Morgan fingerprint density at radius 2 is 1.00 bits per heavy atom. The van der Waals surface area contributed by atoms with E-state index < -0.39 is 12.5 Å². The van der Waals surface area contributed by atoms with E-state index in [1.165, 1.54) is 0 Å². The number of hydrogen-bond donors (Lipinski definition) is 0. The second-order valence-corrected chi connectivity index (χ2v) is 2.65. The number of hydrogen-bond acceptors (Lipinski definition) is 4. The van der Waals surface area contributed by atoms with Crippen LogP contribution >= 0.6 is 0 Å². The predicted molar refractivity (Wildman–Crippen MR) is 58.7 cm³/mol. The van der Waals surface area contributed by atoms with E-state index in [0.29, 0.717) is 26.4 Å². The Kier molecular flexibility index (Phi) is 7.83. The summed E-state index contributed by atoms with van der Waals surface area (Å²) in [5.41, 5.74) is 0. The van der Waals surface area contributed by atoms with E-state index in [1.54, 1.807) is 27.7 Å². The lowest BCUT2D eigenvalue weighted by molar-refractivity contribution is -0.207. The molecule has 4 heteroatoms. The van der Waals surface area contributed by atoms with E-state index >= 15 is 0 Å². The minimum absolute atomic E-state index is 0.122. The molecule has 15 heavy (non-hydrogen) atoms. The van der Waals surface area contributed by atoms with Crippen LogP contribution in [-0.2, 0) is 18.9 Å². The van der Waals surface area contributed by atoms with Crippen molar-refractivity contribution in [1.29, 1.82) is 0 Å². The van der Waals surface area contributed by atoms with E-state index in [2.05, 4.69) is 0 Å². The minimum Gasteiger partial charge on any atom is -0.353 e.